The molecule has 1 aliphatic heterocycles. The Morgan fingerprint density at radius 3 is 3.00 bits per heavy atom. The first-order valence-electron chi connectivity index (χ1n) is 7.58. The molecule has 0 aromatic heterocycles. The lowest BCUT2D eigenvalue weighted by Crippen LogP contribution is -2.45. The Morgan fingerprint density at radius 2 is 2.29 bits per heavy atom. The van der Waals surface area contributed by atoms with E-state index in [0.717, 1.165) is 30.8 Å². The van der Waals surface area contributed by atoms with Crippen LogP contribution in [0.15, 0.2) is 24.3 Å². The Balaban J connectivity index is 1.75. The van der Waals surface area contributed by atoms with Gasteiger partial charge in [0.25, 0.3) is 0 Å². The van der Waals surface area contributed by atoms with E-state index in [-0.39, 0.29) is 18.6 Å². The summed E-state index contributed by atoms with van der Waals surface area (Å²) in [7, 11) is 0. The summed E-state index contributed by atoms with van der Waals surface area (Å²) >= 11 is 0. The van der Waals surface area contributed by atoms with Crippen LogP contribution in [0.3, 0.4) is 0 Å². The Labute approximate surface area is 126 Å². The highest BCUT2D eigenvalue weighted by atomic mass is 16.5. The van der Waals surface area contributed by atoms with Crippen LogP contribution in [0, 0.1) is 5.92 Å². The van der Waals surface area contributed by atoms with Crippen molar-refractivity contribution in [2.75, 3.05) is 26.2 Å². The fourth-order valence-corrected chi connectivity index (χ4v) is 2.69. The third-order valence-corrected chi connectivity index (χ3v) is 3.99. The Kier molecular flexibility index (Phi) is 5.99. The molecule has 0 spiro atoms. The van der Waals surface area contributed by atoms with E-state index in [1.807, 2.05) is 31.2 Å². The van der Waals surface area contributed by atoms with E-state index in [1.165, 1.54) is 0 Å². The lowest BCUT2D eigenvalue weighted by molar-refractivity contribution is 0.00583. The molecule has 21 heavy (non-hydrogen) atoms. The van der Waals surface area contributed by atoms with Gasteiger partial charge in [0.2, 0.25) is 0 Å². The number of rotatable bonds is 6. The van der Waals surface area contributed by atoms with Crippen molar-refractivity contribution in [2.24, 2.45) is 11.7 Å². The number of hydrogen-bond donors (Lipinski definition) is 3. The number of piperidine rings is 1. The topological polar surface area (TPSA) is 79.0 Å². The lowest BCUT2D eigenvalue weighted by atomic mass is 9.96. The summed E-state index contributed by atoms with van der Waals surface area (Å²) in [5.74, 6) is 0.993. The number of β-amino-alcohol motifs (C(OH)–C–C–N with tert-alkyl or cyclic N) is 1. The first-order valence-corrected chi connectivity index (χ1v) is 7.58. The first-order chi connectivity index (χ1) is 10.1. The zero-order valence-corrected chi connectivity index (χ0v) is 12.6. The summed E-state index contributed by atoms with van der Waals surface area (Å²) < 4.78 is 5.62. The molecule has 4 N–H and O–H groups in total. The van der Waals surface area contributed by atoms with Crippen LogP contribution < -0.4 is 10.5 Å². The van der Waals surface area contributed by atoms with E-state index < -0.39 is 6.10 Å². The van der Waals surface area contributed by atoms with Crippen LogP contribution in [0.2, 0.25) is 0 Å². The quantitative estimate of drug-likeness (QED) is 0.715. The van der Waals surface area contributed by atoms with Crippen molar-refractivity contribution in [3.63, 3.8) is 0 Å². The second-order valence-electron chi connectivity index (χ2n) is 5.91. The highest BCUT2D eigenvalue weighted by molar-refractivity contribution is 5.28. The number of ether oxygens (including phenoxy) is 1. The van der Waals surface area contributed by atoms with E-state index in [0.29, 0.717) is 13.1 Å². The molecule has 1 aliphatic rings. The number of aliphatic hydroxyl groups excluding tert-OH is 2. The number of benzene rings is 1. The average Bonchev–Trinajstić information content (AvgIpc) is 2.49. The van der Waals surface area contributed by atoms with Crippen molar-refractivity contribution >= 4 is 0 Å². The summed E-state index contributed by atoms with van der Waals surface area (Å²) in [6.07, 6.45) is 0.0235. The van der Waals surface area contributed by atoms with Crippen LogP contribution in [-0.4, -0.2) is 53.6 Å². The predicted octanol–water partition coefficient (Wildman–Crippen LogP) is 0.588. The van der Waals surface area contributed by atoms with Crippen LogP contribution in [0.25, 0.3) is 0 Å². The normalized spacial score (nSPS) is 24.8. The third-order valence-electron chi connectivity index (χ3n) is 3.99. The van der Waals surface area contributed by atoms with Crippen LogP contribution in [-0.2, 0) is 6.54 Å². The second-order valence-corrected chi connectivity index (χ2v) is 5.91. The van der Waals surface area contributed by atoms with Crippen molar-refractivity contribution in [3.05, 3.63) is 29.8 Å². The maximum Gasteiger partial charge on any atom is 0.119 e. The standard InChI is InChI=1S/C16H26N2O3/c1-12-9-18(6-5-16(12)20)10-14(19)11-21-15-4-2-3-13(7-15)8-17/h2-4,7,12,14,16,19-20H,5-6,8-11,17H2,1H3. The largest absolute Gasteiger partial charge is 0.491 e. The summed E-state index contributed by atoms with van der Waals surface area (Å²) in [6.45, 7) is 5.01. The van der Waals surface area contributed by atoms with Crippen molar-refractivity contribution in [2.45, 2.75) is 32.1 Å². The van der Waals surface area contributed by atoms with Gasteiger partial charge in [-0.2, -0.15) is 0 Å². The first kappa shape index (κ1) is 16.2. The Bertz CT molecular complexity index is 441. The highest BCUT2D eigenvalue weighted by Crippen LogP contribution is 2.17. The van der Waals surface area contributed by atoms with Crippen LogP contribution in [0.5, 0.6) is 5.75 Å². The number of likely N-dealkylation sites (tertiary alicyclic amines) is 1. The predicted molar refractivity (Wildman–Crippen MR) is 82.1 cm³/mol. The minimum absolute atomic E-state index is 0.214. The lowest BCUT2D eigenvalue weighted by Gasteiger charge is -2.35. The van der Waals surface area contributed by atoms with Gasteiger partial charge in [-0.05, 0) is 30.0 Å². The van der Waals surface area contributed by atoms with Gasteiger partial charge in [-0.1, -0.05) is 19.1 Å². The third kappa shape index (κ3) is 4.97. The molecule has 118 valence electrons. The summed E-state index contributed by atoms with van der Waals surface area (Å²) in [5.41, 5.74) is 6.61. The molecule has 0 bridgehead atoms. The van der Waals surface area contributed by atoms with Gasteiger partial charge in [0.1, 0.15) is 18.5 Å². The molecule has 5 nitrogen and oxygen atoms in total. The van der Waals surface area contributed by atoms with Gasteiger partial charge in [0.15, 0.2) is 0 Å². The molecule has 1 fully saturated rings. The summed E-state index contributed by atoms with van der Waals surface area (Å²) in [4.78, 5) is 2.18. The maximum absolute atomic E-state index is 10.1. The minimum atomic E-state index is -0.533. The van der Waals surface area contributed by atoms with Crippen molar-refractivity contribution in [1.82, 2.24) is 4.90 Å². The maximum atomic E-state index is 10.1. The SMILES string of the molecule is CC1CN(CC(O)COc2cccc(CN)c2)CCC1O. The molecule has 0 aliphatic carbocycles. The molecule has 3 atom stereocenters. The Morgan fingerprint density at radius 1 is 1.48 bits per heavy atom. The van der Waals surface area contributed by atoms with E-state index in [4.69, 9.17) is 10.5 Å². The van der Waals surface area contributed by atoms with Crippen LogP contribution in [0.4, 0.5) is 0 Å². The number of nitrogens with zero attached hydrogens (tertiary/aromatic N) is 1. The molecule has 1 heterocycles. The van der Waals surface area contributed by atoms with Crippen molar-refractivity contribution in [1.29, 1.82) is 0 Å². The molecular formula is C16H26N2O3. The van der Waals surface area contributed by atoms with Gasteiger partial charge in [-0.3, -0.25) is 0 Å². The van der Waals surface area contributed by atoms with Gasteiger partial charge in [-0.15, -0.1) is 0 Å². The van der Waals surface area contributed by atoms with Crippen LogP contribution in [0.1, 0.15) is 18.9 Å². The van der Waals surface area contributed by atoms with Gasteiger partial charge in [0, 0.05) is 26.2 Å². The second kappa shape index (κ2) is 7.75. The zero-order chi connectivity index (χ0) is 15.2. The fourth-order valence-electron chi connectivity index (χ4n) is 2.69. The van der Waals surface area contributed by atoms with Gasteiger partial charge in [-0.25, -0.2) is 0 Å². The van der Waals surface area contributed by atoms with E-state index in [1.54, 1.807) is 0 Å². The molecular weight excluding hydrogens is 268 g/mol. The molecule has 1 aromatic carbocycles. The number of hydrogen-bond acceptors (Lipinski definition) is 5. The van der Waals surface area contributed by atoms with Crippen molar-refractivity contribution < 1.29 is 14.9 Å². The van der Waals surface area contributed by atoms with Gasteiger partial charge in [0.05, 0.1) is 6.10 Å². The highest BCUT2D eigenvalue weighted by Gasteiger charge is 2.25. The van der Waals surface area contributed by atoms with Crippen molar-refractivity contribution in [3.8, 4) is 5.75 Å². The molecule has 1 saturated heterocycles. The van der Waals surface area contributed by atoms with E-state index >= 15 is 0 Å². The number of aliphatic hydroxyl groups is 2. The van der Waals surface area contributed by atoms with Gasteiger partial charge < -0.3 is 25.6 Å². The zero-order valence-electron chi connectivity index (χ0n) is 12.6. The molecule has 0 radical (unpaired) electrons. The fraction of sp³-hybridized carbons (Fsp3) is 0.625. The average molecular weight is 294 g/mol. The number of nitrogens with two attached hydrogens (primary N) is 1. The summed E-state index contributed by atoms with van der Waals surface area (Å²) in [6, 6.07) is 7.61. The van der Waals surface area contributed by atoms with E-state index in [9.17, 15) is 10.2 Å². The van der Waals surface area contributed by atoms with Gasteiger partial charge >= 0.3 is 0 Å². The smallest absolute Gasteiger partial charge is 0.119 e. The monoisotopic (exact) mass is 294 g/mol. The summed E-state index contributed by atoms with van der Waals surface area (Å²) in [5, 5.41) is 19.8. The van der Waals surface area contributed by atoms with Crippen LogP contribution >= 0.6 is 0 Å². The minimum Gasteiger partial charge on any atom is -0.491 e. The molecule has 0 amide bonds. The molecule has 5 heteroatoms. The molecule has 0 saturated carbocycles. The molecule has 3 unspecified atom stereocenters. The molecule has 1 aromatic rings. The molecule has 2 rings (SSSR count). The Hall–Kier alpha value is -1.14. The van der Waals surface area contributed by atoms with E-state index in [2.05, 4.69) is 4.90 Å².